The van der Waals surface area contributed by atoms with Gasteiger partial charge in [-0.2, -0.15) is 0 Å². The molecule has 1 N–H and O–H groups in total. The van der Waals surface area contributed by atoms with Crippen LogP contribution in [-0.2, 0) is 6.42 Å². The van der Waals surface area contributed by atoms with Crippen LogP contribution in [0.5, 0.6) is 0 Å². The molecular weight excluding hydrogens is 228 g/mol. The first kappa shape index (κ1) is 12.5. The van der Waals surface area contributed by atoms with Crippen molar-refractivity contribution in [3.63, 3.8) is 0 Å². The van der Waals surface area contributed by atoms with Gasteiger partial charge in [-0.3, -0.25) is 4.98 Å². The largest absolute Gasteiger partial charge is 0.308 e. The predicted octanol–water partition coefficient (Wildman–Crippen LogP) is 2.42. The number of hydrogen-bond acceptors (Lipinski definition) is 3. The molecule has 2 rings (SSSR count). The maximum atomic E-state index is 5.22. The van der Waals surface area contributed by atoms with Crippen LogP contribution in [0.2, 0.25) is 0 Å². The van der Waals surface area contributed by atoms with Crippen molar-refractivity contribution in [3.05, 3.63) is 29.6 Å². The summed E-state index contributed by atoms with van der Waals surface area (Å²) >= 11 is 1.80. The summed E-state index contributed by atoms with van der Waals surface area (Å²) in [6, 6.07) is 4.67. The fraction of sp³-hybridized carbons (Fsp3) is 0.500. The molecule has 1 atom stereocenters. The molecule has 1 aromatic heterocycles. The summed E-state index contributed by atoms with van der Waals surface area (Å²) in [5.41, 5.74) is 2.66. The molecule has 1 aromatic rings. The van der Waals surface area contributed by atoms with Gasteiger partial charge >= 0.3 is 0 Å². The lowest BCUT2D eigenvalue weighted by atomic mass is 9.92. The fourth-order valence-corrected chi connectivity index (χ4v) is 2.77. The summed E-state index contributed by atoms with van der Waals surface area (Å²) in [7, 11) is 0. The molecule has 0 fully saturated rings. The third-order valence-corrected chi connectivity index (χ3v) is 3.88. The van der Waals surface area contributed by atoms with Gasteiger partial charge in [-0.05, 0) is 30.9 Å². The van der Waals surface area contributed by atoms with E-state index in [-0.39, 0.29) is 0 Å². The molecule has 0 spiro atoms. The predicted molar refractivity (Wildman–Crippen MR) is 74.1 cm³/mol. The van der Waals surface area contributed by atoms with Gasteiger partial charge < -0.3 is 5.32 Å². The Kier molecular flexibility index (Phi) is 4.90. The van der Waals surface area contributed by atoms with E-state index in [4.69, 9.17) is 6.42 Å². The van der Waals surface area contributed by atoms with Crippen molar-refractivity contribution in [2.24, 2.45) is 0 Å². The monoisotopic (exact) mass is 246 g/mol. The molecule has 0 radical (unpaired) electrons. The van der Waals surface area contributed by atoms with E-state index in [1.807, 2.05) is 12.3 Å². The van der Waals surface area contributed by atoms with Gasteiger partial charge in [-0.1, -0.05) is 12.0 Å². The van der Waals surface area contributed by atoms with Gasteiger partial charge in [0.25, 0.3) is 0 Å². The molecule has 0 bridgehead atoms. The molecule has 1 aliphatic carbocycles. The molecule has 0 aromatic carbocycles. The molecule has 3 heteroatoms. The number of aromatic nitrogens is 1. The van der Waals surface area contributed by atoms with E-state index in [1.165, 1.54) is 30.5 Å². The smallest absolute Gasteiger partial charge is 0.0605 e. The van der Waals surface area contributed by atoms with Crippen LogP contribution >= 0.6 is 11.8 Å². The highest BCUT2D eigenvalue weighted by molar-refractivity contribution is 7.99. The highest BCUT2D eigenvalue weighted by atomic mass is 32.2. The minimum atomic E-state index is 0.436. The molecule has 0 saturated heterocycles. The average molecular weight is 246 g/mol. The first-order valence-electron chi connectivity index (χ1n) is 6.10. The first-order valence-corrected chi connectivity index (χ1v) is 7.25. The van der Waals surface area contributed by atoms with E-state index in [0.717, 1.165) is 18.1 Å². The second kappa shape index (κ2) is 6.68. The van der Waals surface area contributed by atoms with Crippen LogP contribution in [0.1, 0.15) is 30.1 Å². The van der Waals surface area contributed by atoms with Crippen LogP contribution in [0.4, 0.5) is 0 Å². The van der Waals surface area contributed by atoms with Crippen LogP contribution in [0.3, 0.4) is 0 Å². The fourth-order valence-electron chi connectivity index (χ4n) is 2.24. The summed E-state index contributed by atoms with van der Waals surface area (Å²) in [6.45, 7) is 1.01. The summed E-state index contributed by atoms with van der Waals surface area (Å²) in [5, 5.41) is 3.58. The first-order chi connectivity index (χ1) is 8.42. The van der Waals surface area contributed by atoms with Gasteiger partial charge in [0.1, 0.15) is 0 Å². The van der Waals surface area contributed by atoms with Crippen LogP contribution in [0, 0.1) is 12.3 Å². The molecule has 1 aliphatic rings. The standard InChI is InChI=1S/C14H18N2S/c1-2-10-17-11-9-15-13-7-3-5-12-6-4-8-16-14(12)13/h1,4,6,8,13,15H,3,5,7,9-11H2. The number of nitrogens with one attached hydrogen (secondary N) is 1. The lowest BCUT2D eigenvalue weighted by molar-refractivity contribution is 0.461. The zero-order valence-corrected chi connectivity index (χ0v) is 10.8. The molecule has 0 aliphatic heterocycles. The molecular formula is C14H18N2S. The zero-order chi connectivity index (χ0) is 11.9. The number of nitrogens with zero attached hydrogens (tertiary/aromatic N) is 1. The Bertz CT molecular complexity index is 397. The Labute approximate surface area is 108 Å². The topological polar surface area (TPSA) is 24.9 Å². The maximum absolute atomic E-state index is 5.22. The normalized spacial score (nSPS) is 18.4. The average Bonchev–Trinajstić information content (AvgIpc) is 2.39. The van der Waals surface area contributed by atoms with E-state index < -0.39 is 0 Å². The van der Waals surface area contributed by atoms with Gasteiger partial charge in [-0.25, -0.2) is 0 Å². The van der Waals surface area contributed by atoms with Crippen molar-refractivity contribution in [3.8, 4) is 12.3 Å². The zero-order valence-electron chi connectivity index (χ0n) is 9.98. The third kappa shape index (κ3) is 3.49. The minimum Gasteiger partial charge on any atom is -0.308 e. The van der Waals surface area contributed by atoms with Crippen molar-refractivity contribution >= 4 is 11.8 Å². The van der Waals surface area contributed by atoms with Crippen LogP contribution in [0.15, 0.2) is 18.3 Å². The summed E-state index contributed by atoms with van der Waals surface area (Å²) in [4.78, 5) is 4.51. The second-order valence-electron chi connectivity index (χ2n) is 4.20. The van der Waals surface area contributed by atoms with Crippen molar-refractivity contribution in [1.82, 2.24) is 10.3 Å². The Balaban J connectivity index is 1.84. The number of aryl methyl sites for hydroxylation is 1. The van der Waals surface area contributed by atoms with Crippen LogP contribution in [0.25, 0.3) is 0 Å². The number of pyridine rings is 1. The molecule has 90 valence electrons. The minimum absolute atomic E-state index is 0.436. The number of rotatable bonds is 5. The Morgan fingerprint density at radius 1 is 1.59 bits per heavy atom. The molecule has 0 amide bonds. The third-order valence-electron chi connectivity index (χ3n) is 3.02. The molecule has 0 saturated carbocycles. The Morgan fingerprint density at radius 2 is 2.53 bits per heavy atom. The van der Waals surface area contributed by atoms with Crippen LogP contribution in [-0.4, -0.2) is 23.0 Å². The highest BCUT2D eigenvalue weighted by Crippen LogP contribution is 2.27. The van der Waals surface area contributed by atoms with Gasteiger partial charge in [0, 0.05) is 24.5 Å². The summed E-state index contributed by atoms with van der Waals surface area (Å²) in [6.07, 6.45) is 10.7. The number of hydrogen-bond donors (Lipinski definition) is 1. The maximum Gasteiger partial charge on any atom is 0.0605 e. The van der Waals surface area contributed by atoms with Crippen molar-refractivity contribution in [1.29, 1.82) is 0 Å². The summed E-state index contributed by atoms with van der Waals surface area (Å²) < 4.78 is 0. The lowest BCUT2D eigenvalue weighted by Crippen LogP contribution is -2.28. The Hall–Kier alpha value is -0.980. The van der Waals surface area contributed by atoms with E-state index in [1.54, 1.807) is 11.8 Å². The van der Waals surface area contributed by atoms with Crippen LogP contribution < -0.4 is 5.32 Å². The van der Waals surface area contributed by atoms with Crippen molar-refractivity contribution < 1.29 is 0 Å². The molecule has 2 nitrogen and oxygen atoms in total. The van der Waals surface area contributed by atoms with Crippen molar-refractivity contribution in [2.75, 3.05) is 18.1 Å². The van der Waals surface area contributed by atoms with Gasteiger partial charge in [0.05, 0.1) is 11.4 Å². The number of thioether (sulfide) groups is 1. The number of terminal acetylenes is 1. The van der Waals surface area contributed by atoms with Gasteiger partial charge in [0.2, 0.25) is 0 Å². The van der Waals surface area contributed by atoms with E-state index in [0.29, 0.717) is 6.04 Å². The van der Waals surface area contributed by atoms with E-state index in [2.05, 4.69) is 22.3 Å². The second-order valence-corrected chi connectivity index (χ2v) is 5.31. The van der Waals surface area contributed by atoms with Gasteiger partial charge in [0.15, 0.2) is 0 Å². The van der Waals surface area contributed by atoms with E-state index in [9.17, 15) is 0 Å². The summed E-state index contributed by atoms with van der Waals surface area (Å²) in [5.74, 6) is 4.52. The number of fused-ring (bicyclic) bond motifs is 1. The SMILES string of the molecule is C#CCSCCNC1CCCc2cccnc21. The molecule has 1 heterocycles. The Morgan fingerprint density at radius 3 is 3.41 bits per heavy atom. The van der Waals surface area contributed by atoms with Gasteiger partial charge in [-0.15, -0.1) is 18.2 Å². The highest BCUT2D eigenvalue weighted by Gasteiger charge is 2.20. The molecule has 17 heavy (non-hydrogen) atoms. The quantitative estimate of drug-likeness (QED) is 0.638. The molecule has 1 unspecified atom stereocenters. The van der Waals surface area contributed by atoms with Crippen molar-refractivity contribution in [2.45, 2.75) is 25.3 Å². The van der Waals surface area contributed by atoms with E-state index >= 15 is 0 Å². The lowest BCUT2D eigenvalue weighted by Gasteiger charge is -2.25.